The summed E-state index contributed by atoms with van der Waals surface area (Å²) >= 11 is 0. The molecule has 0 aromatic heterocycles. The molecule has 19 heavy (non-hydrogen) atoms. The number of piperazine rings is 1. The fraction of sp³-hybridized carbons (Fsp3) is 0.625. The van der Waals surface area contributed by atoms with E-state index in [4.69, 9.17) is 4.74 Å². The molecular formula is C16H26N2O. The van der Waals surface area contributed by atoms with E-state index in [1.54, 1.807) is 0 Å². The lowest BCUT2D eigenvalue weighted by Crippen LogP contribution is -2.48. The van der Waals surface area contributed by atoms with Gasteiger partial charge in [-0.3, -0.25) is 4.90 Å². The van der Waals surface area contributed by atoms with Crippen LogP contribution in [0.2, 0.25) is 0 Å². The van der Waals surface area contributed by atoms with Gasteiger partial charge in [-0.25, -0.2) is 0 Å². The van der Waals surface area contributed by atoms with E-state index in [2.05, 4.69) is 49.2 Å². The summed E-state index contributed by atoms with van der Waals surface area (Å²) < 4.78 is 5.76. The predicted octanol–water partition coefficient (Wildman–Crippen LogP) is 2.31. The molecule has 3 nitrogen and oxygen atoms in total. The van der Waals surface area contributed by atoms with Crippen LogP contribution in [0.1, 0.15) is 26.3 Å². The van der Waals surface area contributed by atoms with E-state index >= 15 is 0 Å². The Balaban J connectivity index is 1.93. The summed E-state index contributed by atoms with van der Waals surface area (Å²) in [5.74, 6) is 0.986. The van der Waals surface area contributed by atoms with Crippen LogP contribution in [0.15, 0.2) is 24.3 Å². The zero-order valence-electron chi connectivity index (χ0n) is 12.4. The predicted molar refractivity (Wildman–Crippen MR) is 79.8 cm³/mol. The highest BCUT2D eigenvalue weighted by Gasteiger charge is 2.16. The van der Waals surface area contributed by atoms with Gasteiger partial charge >= 0.3 is 0 Å². The quantitative estimate of drug-likeness (QED) is 0.881. The van der Waals surface area contributed by atoms with Crippen molar-refractivity contribution >= 4 is 0 Å². The third kappa shape index (κ3) is 4.51. The fourth-order valence-electron chi connectivity index (χ4n) is 2.61. The zero-order chi connectivity index (χ0) is 13.7. The third-order valence-electron chi connectivity index (χ3n) is 3.58. The summed E-state index contributed by atoms with van der Waals surface area (Å²) in [4.78, 5) is 2.56. The van der Waals surface area contributed by atoms with E-state index in [-0.39, 0.29) is 6.10 Å². The number of hydrogen-bond acceptors (Lipinski definition) is 3. The highest BCUT2D eigenvalue weighted by molar-refractivity contribution is 5.29. The first-order valence-electron chi connectivity index (χ1n) is 7.35. The van der Waals surface area contributed by atoms with Gasteiger partial charge in [-0.05, 0) is 44.9 Å². The first kappa shape index (κ1) is 14.4. The van der Waals surface area contributed by atoms with Crippen LogP contribution in [0, 0.1) is 0 Å². The molecule has 1 aliphatic rings. The second kappa shape index (κ2) is 6.92. The molecule has 0 saturated carbocycles. The lowest BCUT2D eigenvalue weighted by molar-refractivity contribution is 0.183. The maximum atomic E-state index is 5.76. The Morgan fingerprint density at radius 1 is 1.21 bits per heavy atom. The maximum Gasteiger partial charge on any atom is 0.119 e. The van der Waals surface area contributed by atoms with Gasteiger partial charge in [0.2, 0.25) is 0 Å². The normalized spacial score (nSPS) is 18.5. The van der Waals surface area contributed by atoms with E-state index < -0.39 is 0 Å². The molecule has 3 heteroatoms. The van der Waals surface area contributed by atoms with Crippen LogP contribution < -0.4 is 10.1 Å². The molecule has 0 aliphatic carbocycles. The Labute approximate surface area is 116 Å². The molecule has 106 valence electrons. The molecule has 1 aromatic carbocycles. The molecule has 2 rings (SSSR count). The van der Waals surface area contributed by atoms with Gasteiger partial charge in [-0.1, -0.05) is 12.1 Å². The summed E-state index contributed by atoms with van der Waals surface area (Å²) in [5.41, 5.74) is 1.36. The molecule has 0 amide bonds. The van der Waals surface area contributed by atoms with Crippen LogP contribution in [0.3, 0.4) is 0 Å². The summed E-state index contributed by atoms with van der Waals surface area (Å²) in [6.07, 6.45) is 1.33. The summed E-state index contributed by atoms with van der Waals surface area (Å²) in [7, 11) is 0. The molecule has 1 unspecified atom stereocenters. The fourth-order valence-corrected chi connectivity index (χ4v) is 2.61. The van der Waals surface area contributed by atoms with Gasteiger partial charge in [0.05, 0.1) is 6.10 Å². The molecule has 0 spiro atoms. The summed E-state index contributed by atoms with van der Waals surface area (Å²) in [6, 6.07) is 9.11. The molecule has 1 atom stereocenters. The molecule has 0 radical (unpaired) electrons. The van der Waals surface area contributed by atoms with Crippen molar-refractivity contribution in [1.29, 1.82) is 0 Å². The second-order valence-electron chi connectivity index (χ2n) is 5.65. The first-order chi connectivity index (χ1) is 9.15. The van der Waals surface area contributed by atoms with Crippen LogP contribution in [0.4, 0.5) is 0 Å². The number of benzene rings is 1. The third-order valence-corrected chi connectivity index (χ3v) is 3.58. The Morgan fingerprint density at radius 3 is 2.63 bits per heavy atom. The topological polar surface area (TPSA) is 24.5 Å². The largest absolute Gasteiger partial charge is 0.491 e. The van der Waals surface area contributed by atoms with Gasteiger partial charge in [0.15, 0.2) is 0 Å². The molecule has 1 aromatic rings. The SMILES string of the molecule is CC(C)Oc1cccc(CC(C)N2CCNCC2)c1. The zero-order valence-corrected chi connectivity index (χ0v) is 12.4. The molecular weight excluding hydrogens is 236 g/mol. The van der Waals surface area contributed by atoms with Crippen LogP contribution >= 0.6 is 0 Å². The Morgan fingerprint density at radius 2 is 1.95 bits per heavy atom. The number of nitrogens with zero attached hydrogens (tertiary/aromatic N) is 1. The molecule has 1 N–H and O–H groups in total. The van der Waals surface area contributed by atoms with Crippen molar-refractivity contribution in [1.82, 2.24) is 10.2 Å². The van der Waals surface area contributed by atoms with Crippen LogP contribution in [-0.4, -0.2) is 43.2 Å². The lowest BCUT2D eigenvalue weighted by Gasteiger charge is -2.33. The molecule has 1 aliphatic heterocycles. The minimum absolute atomic E-state index is 0.237. The van der Waals surface area contributed by atoms with Gasteiger partial charge in [0, 0.05) is 32.2 Å². The van der Waals surface area contributed by atoms with E-state index in [1.165, 1.54) is 5.56 Å². The van der Waals surface area contributed by atoms with Crippen molar-refractivity contribution in [3.63, 3.8) is 0 Å². The Bertz CT molecular complexity index is 386. The van der Waals surface area contributed by atoms with Crippen molar-refractivity contribution < 1.29 is 4.74 Å². The summed E-state index contributed by atoms with van der Waals surface area (Å²) in [5, 5.41) is 3.40. The monoisotopic (exact) mass is 262 g/mol. The highest BCUT2D eigenvalue weighted by Crippen LogP contribution is 2.17. The van der Waals surface area contributed by atoms with E-state index in [0.717, 1.165) is 38.3 Å². The van der Waals surface area contributed by atoms with Crippen molar-refractivity contribution in [3.8, 4) is 5.75 Å². The number of rotatable bonds is 5. The smallest absolute Gasteiger partial charge is 0.119 e. The van der Waals surface area contributed by atoms with Crippen molar-refractivity contribution in [2.45, 2.75) is 39.3 Å². The van der Waals surface area contributed by atoms with Gasteiger partial charge in [0.1, 0.15) is 5.75 Å². The van der Waals surface area contributed by atoms with E-state index in [0.29, 0.717) is 6.04 Å². The van der Waals surface area contributed by atoms with Gasteiger partial charge in [0.25, 0.3) is 0 Å². The van der Waals surface area contributed by atoms with Crippen LogP contribution in [-0.2, 0) is 6.42 Å². The van der Waals surface area contributed by atoms with Gasteiger partial charge in [-0.15, -0.1) is 0 Å². The number of ether oxygens (including phenoxy) is 1. The minimum Gasteiger partial charge on any atom is -0.491 e. The lowest BCUT2D eigenvalue weighted by atomic mass is 10.1. The van der Waals surface area contributed by atoms with Crippen LogP contribution in [0.5, 0.6) is 5.75 Å². The Kier molecular flexibility index (Phi) is 5.23. The number of hydrogen-bond donors (Lipinski definition) is 1. The number of nitrogens with one attached hydrogen (secondary N) is 1. The van der Waals surface area contributed by atoms with E-state index in [9.17, 15) is 0 Å². The molecule has 0 bridgehead atoms. The molecule has 1 saturated heterocycles. The van der Waals surface area contributed by atoms with E-state index in [1.807, 2.05) is 6.07 Å². The van der Waals surface area contributed by atoms with Gasteiger partial charge in [-0.2, -0.15) is 0 Å². The van der Waals surface area contributed by atoms with Crippen LogP contribution in [0.25, 0.3) is 0 Å². The molecule has 1 fully saturated rings. The van der Waals surface area contributed by atoms with Crippen molar-refractivity contribution in [2.24, 2.45) is 0 Å². The van der Waals surface area contributed by atoms with Crippen molar-refractivity contribution in [2.75, 3.05) is 26.2 Å². The van der Waals surface area contributed by atoms with Gasteiger partial charge < -0.3 is 10.1 Å². The average Bonchev–Trinajstić information content (AvgIpc) is 2.39. The minimum atomic E-state index is 0.237. The average molecular weight is 262 g/mol. The van der Waals surface area contributed by atoms with Crippen molar-refractivity contribution in [3.05, 3.63) is 29.8 Å². The first-order valence-corrected chi connectivity index (χ1v) is 7.35. The maximum absolute atomic E-state index is 5.76. The second-order valence-corrected chi connectivity index (χ2v) is 5.65. The highest BCUT2D eigenvalue weighted by atomic mass is 16.5. The Hall–Kier alpha value is -1.06. The summed E-state index contributed by atoms with van der Waals surface area (Å²) in [6.45, 7) is 11.0. The standard InChI is InChI=1S/C16H26N2O/c1-13(2)19-16-6-4-5-15(12-16)11-14(3)18-9-7-17-8-10-18/h4-6,12-14,17H,7-11H2,1-3H3. The molecule has 1 heterocycles.